The SMILES string of the molecule is CC(C)C1(C)CC(=O)N(C2CCC(=O)CC2)C1=O. The van der Waals surface area contributed by atoms with E-state index in [1.54, 1.807) is 0 Å². The summed E-state index contributed by atoms with van der Waals surface area (Å²) >= 11 is 0. The molecule has 2 rings (SSSR count). The number of Topliss-reactive ketones (excluding diaryl/α,β-unsaturated/α-hetero) is 1. The van der Waals surface area contributed by atoms with E-state index in [4.69, 9.17) is 0 Å². The summed E-state index contributed by atoms with van der Waals surface area (Å²) in [4.78, 5) is 37.3. The molecule has 4 nitrogen and oxygen atoms in total. The predicted octanol–water partition coefficient (Wildman–Crippen LogP) is 1.92. The Morgan fingerprint density at radius 1 is 1.17 bits per heavy atom. The quantitative estimate of drug-likeness (QED) is 0.704. The highest BCUT2D eigenvalue weighted by Crippen LogP contribution is 2.41. The molecule has 0 spiro atoms. The Bertz CT molecular complexity index is 392. The fraction of sp³-hybridized carbons (Fsp3) is 0.786. The molecule has 1 aliphatic heterocycles. The summed E-state index contributed by atoms with van der Waals surface area (Å²) in [6.07, 6.45) is 2.60. The van der Waals surface area contributed by atoms with Crippen LogP contribution in [-0.4, -0.2) is 28.5 Å². The molecule has 1 aliphatic carbocycles. The minimum Gasteiger partial charge on any atom is -0.300 e. The monoisotopic (exact) mass is 251 g/mol. The predicted molar refractivity (Wildman–Crippen MR) is 66.7 cm³/mol. The van der Waals surface area contributed by atoms with Crippen LogP contribution in [0.4, 0.5) is 0 Å². The van der Waals surface area contributed by atoms with Gasteiger partial charge < -0.3 is 0 Å². The Morgan fingerprint density at radius 3 is 2.17 bits per heavy atom. The van der Waals surface area contributed by atoms with Crippen LogP contribution in [0.25, 0.3) is 0 Å². The standard InChI is InChI=1S/C14H21NO3/c1-9(2)14(3)8-12(17)15(13(14)18)10-4-6-11(16)7-5-10/h9-10H,4-8H2,1-3H3. The van der Waals surface area contributed by atoms with E-state index in [9.17, 15) is 14.4 Å². The summed E-state index contributed by atoms with van der Waals surface area (Å²) in [5, 5.41) is 0. The van der Waals surface area contributed by atoms with Gasteiger partial charge in [-0.3, -0.25) is 19.3 Å². The van der Waals surface area contributed by atoms with E-state index in [0.717, 1.165) is 0 Å². The first-order valence-electron chi connectivity index (χ1n) is 6.74. The molecule has 2 aliphatic rings. The van der Waals surface area contributed by atoms with E-state index in [2.05, 4.69) is 0 Å². The molecule has 100 valence electrons. The van der Waals surface area contributed by atoms with Crippen LogP contribution in [0.3, 0.4) is 0 Å². The second-order valence-corrected chi connectivity index (χ2v) is 6.09. The second-order valence-electron chi connectivity index (χ2n) is 6.09. The van der Waals surface area contributed by atoms with Crippen LogP contribution in [0.5, 0.6) is 0 Å². The maximum Gasteiger partial charge on any atom is 0.236 e. The van der Waals surface area contributed by atoms with Gasteiger partial charge in [-0.15, -0.1) is 0 Å². The molecule has 0 aromatic carbocycles. The van der Waals surface area contributed by atoms with Crippen molar-refractivity contribution in [2.75, 3.05) is 0 Å². The van der Waals surface area contributed by atoms with Gasteiger partial charge in [0.25, 0.3) is 0 Å². The molecule has 4 heteroatoms. The average Bonchev–Trinajstić information content (AvgIpc) is 2.53. The van der Waals surface area contributed by atoms with E-state index in [0.29, 0.717) is 32.1 Å². The van der Waals surface area contributed by atoms with E-state index >= 15 is 0 Å². The van der Waals surface area contributed by atoms with Gasteiger partial charge in [0.1, 0.15) is 5.78 Å². The molecule has 1 atom stereocenters. The zero-order valence-electron chi connectivity index (χ0n) is 11.4. The van der Waals surface area contributed by atoms with Crippen molar-refractivity contribution in [3.8, 4) is 0 Å². The molecule has 0 aromatic heterocycles. The normalized spacial score (nSPS) is 30.7. The van der Waals surface area contributed by atoms with Crippen molar-refractivity contribution in [2.45, 2.75) is 58.9 Å². The van der Waals surface area contributed by atoms with Crippen LogP contribution < -0.4 is 0 Å². The molecular formula is C14H21NO3. The third-order valence-electron chi connectivity index (χ3n) is 4.65. The molecule has 0 radical (unpaired) electrons. The van der Waals surface area contributed by atoms with E-state index in [-0.39, 0.29) is 29.6 Å². The average molecular weight is 251 g/mol. The van der Waals surface area contributed by atoms with Crippen molar-refractivity contribution in [2.24, 2.45) is 11.3 Å². The van der Waals surface area contributed by atoms with Gasteiger partial charge in [-0.25, -0.2) is 0 Å². The molecule has 0 aromatic rings. The van der Waals surface area contributed by atoms with E-state index in [1.165, 1.54) is 4.90 Å². The zero-order valence-corrected chi connectivity index (χ0v) is 11.4. The first-order chi connectivity index (χ1) is 8.36. The van der Waals surface area contributed by atoms with Crippen molar-refractivity contribution in [3.63, 3.8) is 0 Å². The third kappa shape index (κ3) is 1.98. The highest BCUT2D eigenvalue weighted by atomic mass is 16.2. The number of rotatable bonds is 2. The molecule has 0 N–H and O–H groups in total. The molecule has 2 amide bonds. The van der Waals surface area contributed by atoms with Gasteiger partial charge in [0.05, 0.1) is 5.41 Å². The molecule has 1 heterocycles. The smallest absolute Gasteiger partial charge is 0.236 e. The first-order valence-corrected chi connectivity index (χ1v) is 6.74. The number of amides is 2. The summed E-state index contributed by atoms with van der Waals surface area (Å²) in [6, 6.07) is -0.0525. The van der Waals surface area contributed by atoms with E-state index in [1.807, 2.05) is 20.8 Å². The van der Waals surface area contributed by atoms with Crippen molar-refractivity contribution in [1.82, 2.24) is 4.90 Å². The summed E-state index contributed by atoms with van der Waals surface area (Å²) in [5.41, 5.74) is -0.557. The number of imide groups is 1. The van der Waals surface area contributed by atoms with Gasteiger partial charge in [0.15, 0.2) is 0 Å². The maximum atomic E-state index is 12.5. The van der Waals surface area contributed by atoms with Crippen molar-refractivity contribution in [3.05, 3.63) is 0 Å². The zero-order chi connectivity index (χ0) is 13.5. The highest BCUT2D eigenvalue weighted by molar-refractivity contribution is 6.06. The van der Waals surface area contributed by atoms with Crippen LogP contribution in [0.15, 0.2) is 0 Å². The van der Waals surface area contributed by atoms with Crippen molar-refractivity contribution < 1.29 is 14.4 Å². The maximum absolute atomic E-state index is 12.5. The summed E-state index contributed by atoms with van der Waals surface area (Å²) in [7, 11) is 0. The van der Waals surface area contributed by atoms with Gasteiger partial charge in [0, 0.05) is 25.3 Å². The molecule has 18 heavy (non-hydrogen) atoms. The Labute approximate surface area is 108 Å². The minimum absolute atomic E-state index is 0.0400. The van der Waals surface area contributed by atoms with Crippen LogP contribution in [0, 0.1) is 11.3 Å². The third-order valence-corrected chi connectivity index (χ3v) is 4.65. The number of hydrogen-bond acceptors (Lipinski definition) is 3. The highest BCUT2D eigenvalue weighted by Gasteiger charge is 2.52. The van der Waals surface area contributed by atoms with Crippen LogP contribution in [0.1, 0.15) is 52.9 Å². The summed E-state index contributed by atoms with van der Waals surface area (Å²) in [6.45, 7) is 5.85. The fourth-order valence-corrected chi connectivity index (χ4v) is 2.87. The first kappa shape index (κ1) is 13.2. The van der Waals surface area contributed by atoms with Crippen LogP contribution in [-0.2, 0) is 14.4 Å². The van der Waals surface area contributed by atoms with Crippen LogP contribution in [0.2, 0.25) is 0 Å². The lowest BCUT2D eigenvalue weighted by Gasteiger charge is -2.32. The Kier molecular flexibility index (Phi) is 3.30. The molecule has 0 bridgehead atoms. The number of likely N-dealkylation sites (tertiary alicyclic amines) is 1. The number of hydrogen-bond donors (Lipinski definition) is 0. The molecule has 1 saturated carbocycles. The number of carbonyl (C=O) groups is 3. The van der Waals surface area contributed by atoms with Gasteiger partial charge in [0.2, 0.25) is 11.8 Å². The van der Waals surface area contributed by atoms with Gasteiger partial charge in [-0.05, 0) is 25.7 Å². The van der Waals surface area contributed by atoms with Gasteiger partial charge in [-0.2, -0.15) is 0 Å². The number of nitrogens with zero attached hydrogens (tertiary/aromatic N) is 1. The lowest BCUT2D eigenvalue weighted by Crippen LogP contribution is -2.44. The molecular weight excluding hydrogens is 230 g/mol. The Balaban J connectivity index is 2.17. The molecule has 2 fully saturated rings. The van der Waals surface area contributed by atoms with Crippen molar-refractivity contribution in [1.29, 1.82) is 0 Å². The second kappa shape index (κ2) is 4.48. The fourth-order valence-electron chi connectivity index (χ4n) is 2.87. The summed E-state index contributed by atoms with van der Waals surface area (Å²) in [5.74, 6) is 0.304. The molecule has 1 saturated heterocycles. The van der Waals surface area contributed by atoms with Crippen LogP contribution >= 0.6 is 0 Å². The largest absolute Gasteiger partial charge is 0.300 e. The minimum atomic E-state index is -0.557. The lowest BCUT2D eigenvalue weighted by molar-refractivity contribution is -0.146. The number of carbonyl (C=O) groups excluding carboxylic acids is 3. The van der Waals surface area contributed by atoms with Gasteiger partial charge in [-0.1, -0.05) is 13.8 Å². The van der Waals surface area contributed by atoms with Gasteiger partial charge >= 0.3 is 0 Å². The lowest BCUT2D eigenvalue weighted by atomic mass is 9.77. The Hall–Kier alpha value is -1.19. The van der Waals surface area contributed by atoms with Crippen molar-refractivity contribution >= 4 is 17.6 Å². The summed E-state index contributed by atoms with van der Waals surface area (Å²) < 4.78 is 0. The Morgan fingerprint density at radius 2 is 1.72 bits per heavy atom. The van der Waals surface area contributed by atoms with E-state index < -0.39 is 5.41 Å². The molecule has 1 unspecified atom stereocenters. The number of ketones is 1. The topological polar surface area (TPSA) is 54.5 Å².